The average Bonchev–Trinajstić information content (AvgIpc) is 3.49. The van der Waals surface area contributed by atoms with Crippen molar-refractivity contribution < 1.29 is 32.3 Å². The molecule has 0 radical (unpaired) electrons. The molecule has 12 heteroatoms. The minimum Gasteiger partial charge on any atom is -0.486 e. The first-order valence-corrected chi connectivity index (χ1v) is 12.9. The van der Waals surface area contributed by atoms with E-state index < -0.39 is 21.7 Å². The van der Waals surface area contributed by atoms with Crippen molar-refractivity contribution >= 4 is 33.4 Å². The summed E-state index contributed by atoms with van der Waals surface area (Å²) in [4.78, 5) is 17.8. The molecule has 33 heavy (non-hydrogen) atoms. The Bertz CT molecular complexity index is 1140. The predicted molar refractivity (Wildman–Crippen MR) is 119 cm³/mol. The summed E-state index contributed by atoms with van der Waals surface area (Å²) >= 11 is 1.20. The molecule has 4 heterocycles. The number of sulfonamides is 1. The number of carbonyl (C=O) groups is 1. The number of carbonyl (C=O) groups excluding carboxylic acids is 1. The zero-order valence-electron chi connectivity index (χ0n) is 17.6. The largest absolute Gasteiger partial charge is 0.486 e. The molecule has 3 aliphatic heterocycles. The quantitative estimate of drug-likeness (QED) is 0.696. The average molecular weight is 494 g/mol. The van der Waals surface area contributed by atoms with Crippen LogP contribution in [0.15, 0.2) is 51.1 Å². The number of benzene rings is 1. The van der Waals surface area contributed by atoms with Gasteiger partial charge in [-0.05, 0) is 23.6 Å². The van der Waals surface area contributed by atoms with Crippen molar-refractivity contribution in [2.75, 3.05) is 26.2 Å². The van der Waals surface area contributed by atoms with Crippen molar-refractivity contribution in [3.63, 3.8) is 0 Å². The van der Waals surface area contributed by atoms with E-state index in [4.69, 9.17) is 19.0 Å². The van der Waals surface area contributed by atoms with Gasteiger partial charge in [-0.1, -0.05) is 23.4 Å². The van der Waals surface area contributed by atoms with Gasteiger partial charge in [0.2, 0.25) is 5.90 Å². The SMILES string of the molecule is O=C(NCC1COc2ccccc2O1)OC1=NOC2(CCN(S(=O)(=O)c3cccs3)CC2)C1. The number of ether oxygens (including phenoxy) is 3. The summed E-state index contributed by atoms with van der Waals surface area (Å²) in [6.45, 7) is 1.16. The molecule has 0 aliphatic carbocycles. The molecule has 0 saturated carbocycles. The standard InChI is InChI=1S/C21H23N3O7S2/c25-20(22-13-15-14-28-16-4-1-2-5-17(16)29-15)30-18-12-21(31-23-18)7-9-24(10-8-21)33(26,27)19-6-3-11-32-19/h1-6,11,15H,7-10,12-14H2,(H,22,25). The van der Waals surface area contributed by atoms with Crippen molar-refractivity contribution in [1.82, 2.24) is 9.62 Å². The van der Waals surface area contributed by atoms with Gasteiger partial charge in [-0.15, -0.1) is 11.3 Å². The molecule has 176 valence electrons. The van der Waals surface area contributed by atoms with Crippen LogP contribution in [-0.2, 0) is 19.6 Å². The van der Waals surface area contributed by atoms with E-state index in [2.05, 4.69) is 10.5 Å². The number of hydrogen-bond acceptors (Lipinski definition) is 9. The summed E-state index contributed by atoms with van der Waals surface area (Å²) in [7, 11) is -3.49. The fraction of sp³-hybridized carbons (Fsp3) is 0.429. The van der Waals surface area contributed by atoms with Gasteiger partial charge >= 0.3 is 6.09 Å². The highest BCUT2D eigenvalue weighted by molar-refractivity contribution is 7.91. The van der Waals surface area contributed by atoms with Crippen LogP contribution in [0.2, 0.25) is 0 Å². The highest BCUT2D eigenvalue weighted by atomic mass is 32.2. The van der Waals surface area contributed by atoms with E-state index in [9.17, 15) is 13.2 Å². The topological polar surface area (TPSA) is 116 Å². The van der Waals surface area contributed by atoms with Crippen molar-refractivity contribution in [3.05, 3.63) is 41.8 Å². The van der Waals surface area contributed by atoms with Crippen LogP contribution in [0.4, 0.5) is 4.79 Å². The van der Waals surface area contributed by atoms with Gasteiger partial charge in [0.05, 0.1) is 13.0 Å². The monoisotopic (exact) mass is 493 g/mol. The highest BCUT2D eigenvalue weighted by Gasteiger charge is 2.45. The summed E-state index contributed by atoms with van der Waals surface area (Å²) in [5.41, 5.74) is -0.652. The lowest BCUT2D eigenvalue weighted by atomic mass is 9.89. The molecule has 2 aromatic rings. The van der Waals surface area contributed by atoms with Crippen LogP contribution in [0.25, 0.3) is 0 Å². The van der Waals surface area contributed by atoms with E-state index in [0.717, 1.165) is 0 Å². The van der Waals surface area contributed by atoms with Crippen molar-refractivity contribution in [2.45, 2.75) is 35.2 Å². The Labute approximate surface area is 195 Å². The summed E-state index contributed by atoms with van der Waals surface area (Å²) in [5.74, 6) is 1.48. The number of alkyl carbamates (subject to hydrolysis) is 1. The van der Waals surface area contributed by atoms with E-state index in [-0.39, 0.29) is 18.5 Å². The van der Waals surface area contributed by atoms with Gasteiger partial charge in [-0.3, -0.25) is 0 Å². The van der Waals surface area contributed by atoms with Crippen LogP contribution < -0.4 is 14.8 Å². The van der Waals surface area contributed by atoms with Gasteiger partial charge < -0.3 is 24.4 Å². The lowest BCUT2D eigenvalue weighted by molar-refractivity contribution is -0.0506. The second-order valence-electron chi connectivity index (χ2n) is 8.04. The second kappa shape index (κ2) is 8.84. The number of rotatable bonds is 4. The summed E-state index contributed by atoms with van der Waals surface area (Å²) < 4.78 is 43.9. The van der Waals surface area contributed by atoms with Crippen LogP contribution in [0.1, 0.15) is 19.3 Å². The fourth-order valence-electron chi connectivity index (χ4n) is 3.99. The maximum absolute atomic E-state index is 12.7. The molecule has 5 rings (SSSR count). The molecule has 3 aliphatic rings. The molecular weight excluding hydrogens is 470 g/mol. The van der Waals surface area contributed by atoms with Gasteiger partial charge in [0.15, 0.2) is 17.6 Å². The smallest absolute Gasteiger partial charge is 0.413 e. The molecule has 1 N–H and O–H groups in total. The Morgan fingerprint density at radius 3 is 2.76 bits per heavy atom. The molecule has 1 fully saturated rings. The number of hydrogen-bond donors (Lipinski definition) is 1. The van der Waals surface area contributed by atoms with Crippen LogP contribution in [0.5, 0.6) is 11.5 Å². The van der Waals surface area contributed by atoms with Gasteiger partial charge in [0.25, 0.3) is 10.0 Å². The van der Waals surface area contributed by atoms with Crippen molar-refractivity contribution in [2.24, 2.45) is 5.16 Å². The zero-order chi connectivity index (χ0) is 22.9. The molecule has 1 saturated heterocycles. The number of para-hydroxylation sites is 2. The molecule has 1 atom stereocenters. The third kappa shape index (κ3) is 4.63. The van der Waals surface area contributed by atoms with Crippen LogP contribution >= 0.6 is 11.3 Å². The molecular formula is C21H23N3O7S2. The Hall–Kier alpha value is -2.83. The zero-order valence-corrected chi connectivity index (χ0v) is 19.3. The Morgan fingerprint density at radius 1 is 1.21 bits per heavy atom. The molecule has 1 unspecified atom stereocenters. The number of fused-ring (bicyclic) bond motifs is 1. The van der Waals surface area contributed by atoms with Crippen LogP contribution in [0, 0.1) is 0 Å². The first-order valence-electron chi connectivity index (χ1n) is 10.6. The number of thiophene rings is 1. The number of oxime groups is 1. The first kappa shape index (κ1) is 22.0. The van der Waals surface area contributed by atoms with Gasteiger partial charge in [-0.25, -0.2) is 13.2 Å². The minimum atomic E-state index is -3.49. The maximum atomic E-state index is 12.7. The van der Waals surface area contributed by atoms with E-state index in [0.29, 0.717) is 54.7 Å². The Kier molecular flexibility index (Phi) is 5.89. The number of piperidine rings is 1. The van der Waals surface area contributed by atoms with E-state index in [1.165, 1.54) is 15.6 Å². The van der Waals surface area contributed by atoms with Crippen molar-refractivity contribution in [3.8, 4) is 11.5 Å². The number of nitrogens with zero attached hydrogens (tertiary/aromatic N) is 2. The molecule has 1 aromatic heterocycles. The van der Waals surface area contributed by atoms with E-state index >= 15 is 0 Å². The lowest BCUT2D eigenvalue weighted by Crippen LogP contribution is -2.46. The van der Waals surface area contributed by atoms with Crippen LogP contribution in [-0.4, -0.2) is 62.7 Å². The molecule has 1 amide bonds. The first-order chi connectivity index (χ1) is 15.9. The number of nitrogens with one attached hydrogen (secondary N) is 1. The van der Waals surface area contributed by atoms with Gasteiger partial charge in [0.1, 0.15) is 16.4 Å². The maximum Gasteiger partial charge on any atom is 0.413 e. The third-order valence-electron chi connectivity index (χ3n) is 5.79. The summed E-state index contributed by atoms with van der Waals surface area (Å²) in [6.07, 6.45) is 0.235. The second-order valence-corrected chi connectivity index (χ2v) is 11.2. The van der Waals surface area contributed by atoms with E-state index in [1.807, 2.05) is 18.2 Å². The molecule has 1 aromatic carbocycles. The van der Waals surface area contributed by atoms with E-state index in [1.54, 1.807) is 23.6 Å². The predicted octanol–water partition coefficient (Wildman–Crippen LogP) is 2.57. The summed E-state index contributed by atoms with van der Waals surface area (Å²) in [5, 5.41) is 8.32. The third-order valence-corrected chi connectivity index (χ3v) is 9.06. The normalized spacial score (nSPS) is 21.8. The molecule has 1 spiro atoms. The lowest BCUT2D eigenvalue weighted by Gasteiger charge is -2.35. The Morgan fingerprint density at radius 2 is 2.00 bits per heavy atom. The van der Waals surface area contributed by atoms with Gasteiger partial charge in [0, 0.05) is 25.9 Å². The highest BCUT2D eigenvalue weighted by Crippen LogP contribution is 2.37. The number of amides is 1. The molecule has 10 nitrogen and oxygen atoms in total. The fourth-order valence-corrected chi connectivity index (χ4v) is 6.57. The molecule has 0 bridgehead atoms. The minimum absolute atomic E-state index is 0.174. The summed E-state index contributed by atoms with van der Waals surface area (Å²) in [6, 6.07) is 10.7. The van der Waals surface area contributed by atoms with Crippen LogP contribution in [0.3, 0.4) is 0 Å². The van der Waals surface area contributed by atoms with Crippen molar-refractivity contribution in [1.29, 1.82) is 0 Å². The Balaban J connectivity index is 1.08. The van der Waals surface area contributed by atoms with Gasteiger partial charge in [-0.2, -0.15) is 4.31 Å².